The van der Waals surface area contributed by atoms with Gasteiger partial charge in [-0.25, -0.2) is 0 Å². The zero-order valence-electron chi connectivity index (χ0n) is 13.9. The van der Waals surface area contributed by atoms with Crippen molar-refractivity contribution in [3.8, 4) is 5.75 Å². The minimum absolute atomic E-state index is 0.871. The Balaban J connectivity index is 0.000000219. The predicted octanol–water partition coefficient (Wildman–Crippen LogP) is 4.89. The minimum Gasteiger partial charge on any atom is -0.185 e. The summed E-state index contributed by atoms with van der Waals surface area (Å²) in [6, 6.07) is 9.03. The molecule has 1 aromatic carbocycles. The third kappa shape index (κ3) is 6.25. The molecular formula is C17H23I2N3OPt. The first-order valence-electron chi connectivity index (χ1n) is 7.92. The van der Waals surface area contributed by atoms with Crippen molar-refractivity contribution < 1.29 is 24.1 Å². The average molecular weight is 734 g/mol. The normalized spacial score (nSPS) is 14.6. The molecule has 1 aliphatic rings. The predicted molar refractivity (Wildman–Crippen MR) is 111 cm³/mol. The molecule has 0 atom stereocenters. The summed E-state index contributed by atoms with van der Waals surface area (Å²) in [6.45, 7) is 0.872. The van der Waals surface area contributed by atoms with Crippen LogP contribution in [-0.2, 0) is 32.9 Å². The molecule has 1 heterocycles. The van der Waals surface area contributed by atoms with Crippen LogP contribution in [0.2, 0.25) is 0 Å². The van der Waals surface area contributed by atoms with Gasteiger partial charge in [0.05, 0.1) is 0 Å². The third-order valence-electron chi connectivity index (χ3n) is 4.05. The van der Waals surface area contributed by atoms with E-state index >= 15 is 0 Å². The van der Waals surface area contributed by atoms with Crippen molar-refractivity contribution in [2.24, 2.45) is 7.05 Å². The van der Waals surface area contributed by atoms with E-state index in [1.165, 1.54) is 35.1 Å². The van der Waals surface area contributed by atoms with Gasteiger partial charge in [0.15, 0.2) is 0 Å². The summed E-state index contributed by atoms with van der Waals surface area (Å²) in [4.78, 5) is 0. The Bertz CT molecular complexity index is 693. The van der Waals surface area contributed by atoms with Crippen LogP contribution in [-0.4, -0.2) is 23.6 Å². The summed E-state index contributed by atoms with van der Waals surface area (Å²) < 4.78 is 13.0. The van der Waals surface area contributed by atoms with Gasteiger partial charge in [-0.05, 0) is 12.8 Å². The molecule has 2 aromatic rings. The number of hydrogen-bond acceptors (Lipinski definition) is 2. The minimum atomic E-state index is 0.871. The molecule has 3 rings (SSSR count). The molecule has 0 unspecified atom stereocenters. The Hall–Kier alpha value is 0.338. The molecule has 1 aromatic heterocycles. The largest absolute Gasteiger partial charge is 0.185 e. The topological polar surface area (TPSA) is 22.3 Å². The quantitative estimate of drug-likeness (QED) is 0.330. The van der Waals surface area contributed by atoms with Crippen LogP contribution >= 0.6 is 45.7 Å². The number of halogens is 2. The van der Waals surface area contributed by atoms with E-state index in [1.54, 1.807) is 7.11 Å². The first-order valence-corrected chi connectivity index (χ1v) is 11.0. The van der Waals surface area contributed by atoms with Crippen LogP contribution in [0.4, 0.5) is 0 Å². The van der Waals surface area contributed by atoms with Gasteiger partial charge in [0, 0.05) is 51.8 Å². The Morgan fingerprint density at radius 1 is 1.25 bits per heavy atom. The molecule has 0 radical (unpaired) electrons. The van der Waals surface area contributed by atoms with Gasteiger partial charge in [0.25, 0.3) is 0 Å². The maximum Gasteiger partial charge on any atom is 0.0311 e. The third-order valence-corrected chi connectivity index (χ3v) is 7.08. The SMILES string of the molecule is COc1cccc(Cn2ccn(C)[c]2=[Pt])c1.IN(I)C1CCCC1. The fourth-order valence-electron chi connectivity index (χ4n) is 2.68. The van der Waals surface area contributed by atoms with E-state index in [4.69, 9.17) is 4.74 Å². The van der Waals surface area contributed by atoms with Crippen molar-refractivity contribution in [2.75, 3.05) is 7.11 Å². The fourth-order valence-corrected chi connectivity index (χ4v) is 4.31. The van der Waals surface area contributed by atoms with Gasteiger partial charge in [-0.2, -0.15) is 1.33 Å². The number of hydrogen-bond donors (Lipinski definition) is 0. The van der Waals surface area contributed by atoms with Gasteiger partial charge in [-0.15, -0.1) is 0 Å². The van der Waals surface area contributed by atoms with Crippen molar-refractivity contribution in [3.63, 3.8) is 0 Å². The second-order valence-corrected chi connectivity index (χ2v) is 10.8. The molecule has 0 aliphatic heterocycles. The molecule has 136 valence electrons. The number of aryl methyl sites for hydroxylation is 1. The molecule has 24 heavy (non-hydrogen) atoms. The Kier molecular flexibility index (Phi) is 9.01. The molecule has 0 saturated heterocycles. The average Bonchev–Trinajstić information content (AvgIpc) is 3.22. The van der Waals surface area contributed by atoms with Gasteiger partial charge < -0.3 is 0 Å². The molecular weight excluding hydrogens is 711 g/mol. The number of imidazole rings is 1. The van der Waals surface area contributed by atoms with Crippen LogP contribution in [0.25, 0.3) is 0 Å². The summed E-state index contributed by atoms with van der Waals surface area (Å²) >= 11 is 7.05. The molecule has 0 bridgehead atoms. The van der Waals surface area contributed by atoms with E-state index in [2.05, 4.69) is 100 Å². The first kappa shape index (κ1) is 20.6. The molecule has 7 heteroatoms. The van der Waals surface area contributed by atoms with Crippen LogP contribution in [0, 0.1) is 3.80 Å². The molecule has 0 N–H and O–H groups in total. The van der Waals surface area contributed by atoms with E-state index in [1.807, 2.05) is 19.2 Å². The number of nitrogens with zero attached hydrogens (tertiary/aromatic N) is 3. The fraction of sp³-hybridized carbons (Fsp3) is 0.471. The van der Waals surface area contributed by atoms with Crippen molar-refractivity contribution >= 4 is 45.7 Å². The molecule has 0 amide bonds. The van der Waals surface area contributed by atoms with E-state index in [-0.39, 0.29) is 0 Å². The van der Waals surface area contributed by atoms with Gasteiger partial charge in [0.2, 0.25) is 0 Å². The van der Waals surface area contributed by atoms with Gasteiger partial charge >= 0.3 is 106 Å². The maximum atomic E-state index is 5.21. The molecule has 4 nitrogen and oxygen atoms in total. The second kappa shape index (κ2) is 10.5. The number of rotatable bonds is 4. The standard InChI is InChI=1S/C12H14N2O.C5H9I2N.Pt/c1-13-6-7-14(10-13)9-11-4-3-5-12(8-11)15-2;6-8(7)5-3-1-2-4-5;/h3-8H,9H2,1-2H3;5H,1-4H2;. The van der Waals surface area contributed by atoms with Crippen LogP contribution in [0.5, 0.6) is 5.75 Å². The second-order valence-electron chi connectivity index (χ2n) is 5.83. The number of methoxy groups -OCH3 is 1. The van der Waals surface area contributed by atoms with E-state index < -0.39 is 0 Å². The number of benzene rings is 1. The van der Waals surface area contributed by atoms with Gasteiger partial charge in [-0.3, -0.25) is 0 Å². The van der Waals surface area contributed by atoms with Crippen molar-refractivity contribution in [2.45, 2.75) is 38.3 Å². The number of aromatic nitrogens is 2. The Labute approximate surface area is 183 Å². The maximum absolute atomic E-state index is 5.21. The summed E-state index contributed by atoms with van der Waals surface area (Å²) in [5.74, 6) is 0.907. The molecule has 1 saturated carbocycles. The van der Waals surface area contributed by atoms with E-state index in [0.29, 0.717) is 0 Å². The summed E-state index contributed by atoms with van der Waals surface area (Å²) in [5.41, 5.74) is 1.24. The van der Waals surface area contributed by atoms with Crippen molar-refractivity contribution in [3.05, 3.63) is 46.0 Å². The van der Waals surface area contributed by atoms with Crippen molar-refractivity contribution in [1.82, 2.24) is 10.5 Å². The molecule has 1 fully saturated rings. The van der Waals surface area contributed by atoms with Crippen LogP contribution in [0.1, 0.15) is 31.2 Å². The van der Waals surface area contributed by atoms with Gasteiger partial charge in [0.1, 0.15) is 0 Å². The van der Waals surface area contributed by atoms with Crippen LogP contribution in [0.15, 0.2) is 36.7 Å². The molecule has 1 aliphatic carbocycles. The first-order chi connectivity index (χ1) is 11.5. The Morgan fingerprint density at radius 2 is 1.96 bits per heavy atom. The molecule has 0 spiro atoms. The van der Waals surface area contributed by atoms with E-state index in [9.17, 15) is 0 Å². The smallest absolute Gasteiger partial charge is 0.0311 e. The summed E-state index contributed by atoms with van der Waals surface area (Å²) in [7, 11) is 3.74. The van der Waals surface area contributed by atoms with E-state index in [0.717, 1.165) is 18.3 Å². The summed E-state index contributed by atoms with van der Waals surface area (Å²) in [5, 5.41) is 0. The van der Waals surface area contributed by atoms with Crippen molar-refractivity contribution in [1.29, 1.82) is 0 Å². The zero-order chi connectivity index (χ0) is 17.5. The van der Waals surface area contributed by atoms with Gasteiger partial charge in [-0.1, -0.05) is 12.8 Å². The Morgan fingerprint density at radius 3 is 2.46 bits per heavy atom. The number of ether oxygens (including phenoxy) is 1. The van der Waals surface area contributed by atoms with Crippen LogP contribution in [0.3, 0.4) is 0 Å². The van der Waals surface area contributed by atoms with Crippen LogP contribution < -0.4 is 4.74 Å². The monoisotopic (exact) mass is 734 g/mol. The zero-order valence-corrected chi connectivity index (χ0v) is 20.5. The summed E-state index contributed by atoms with van der Waals surface area (Å²) in [6.07, 6.45) is 9.84.